The summed E-state index contributed by atoms with van der Waals surface area (Å²) < 4.78 is 6.06. The van der Waals surface area contributed by atoms with Gasteiger partial charge in [0, 0.05) is 12.0 Å². The molecule has 1 aromatic heterocycles. The molecule has 1 fully saturated rings. The van der Waals surface area contributed by atoms with Gasteiger partial charge in [-0.3, -0.25) is 0 Å². The van der Waals surface area contributed by atoms with Crippen molar-refractivity contribution in [3.63, 3.8) is 0 Å². The quantitative estimate of drug-likeness (QED) is 0.834. The first kappa shape index (κ1) is 13.5. The smallest absolute Gasteiger partial charge is 0.125 e. The molecule has 0 amide bonds. The lowest BCUT2D eigenvalue weighted by Crippen LogP contribution is -2.34. The van der Waals surface area contributed by atoms with Gasteiger partial charge >= 0.3 is 0 Å². The third kappa shape index (κ3) is 2.73. The molecule has 0 atom stereocenters. The predicted molar refractivity (Wildman–Crippen MR) is 72.4 cm³/mol. The first-order chi connectivity index (χ1) is 8.70. The Balaban J connectivity index is 2.20. The van der Waals surface area contributed by atoms with E-state index in [-0.39, 0.29) is 5.60 Å². The summed E-state index contributed by atoms with van der Waals surface area (Å²) in [5, 5.41) is 11.8. The molecule has 1 heterocycles. The van der Waals surface area contributed by atoms with Gasteiger partial charge in [-0.05, 0) is 38.5 Å². The van der Waals surface area contributed by atoms with E-state index in [4.69, 9.17) is 10.00 Å². The second kappa shape index (κ2) is 5.81. The van der Waals surface area contributed by atoms with Gasteiger partial charge in [0.2, 0.25) is 0 Å². The van der Waals surface area contributed by atoms with Crippen LogP contribution in [0.3, 0.4) is 0 Å². The SMILES string of the molecule is CCOC1(c2nc(CC#N)cs2)CCC(C)CC1. The summed E-state index contributed by atoms with van der Waals surface area (Å²) in [5.41, 5.74) is 0.704. The Hall–Kier alpha value is -0.920. The molecular weight excluding hydrogens is 244 g/mol. The zero-order chi connectivity index (χ0) is 13.0. The van der Waals surface area contributed by atoms with Crippen LogP contribution < -0.4 is 0 Å². The van der Waals surface area contributed by atoms with Gasteiger partial charge in [-0.25, -0.2) is 4.98 Å². The molecule has 0 N–H and O–H groups in total. The summed E-state index contributed by atoms with van der Waals surface area (Å²) in [5.74, 6) is 0.789. The molecule has 98 valence electrons. The van der Waals surface area contributed by atoms with Crippen molar-refractivity contribution in [1.29, 1.82) is 5.26 Å². The van der Waals surface area contributed by atoms with Crippen LogP contribution in [0.15, 0.2) is 5.38 Å². The first-order valence-electron chi connectivity index (χ1n) is 6.66. The highest BCUT2D eigenvalue weighted by Gasteiger charge is 2.39. The average Bonchev–Trinajstić information content (AvgIpc) is 2.82. The van der Waals surface area contributed by atoms with Gasteiger partial charge in [0.25, 0.3) is 0 Å². The Morgan fingerprint density at radius 3 is 2.89 bits per heavy atom. The Kier molecular flexibility index (Phi) is 4.36. The van der Waals surface area contributed by atoms with Gasteiger partial charge in [-0.15, -0.1) is 11.3 Å². The number of hydrogen-bond acceptors (Lipinski definition) is 4. The number of hydrogen-bond donors (Lipinski definition) is 0. The lowest BCUT2D eigenvalue weighted by Gasteiger charge is -2.37. The Morgan fingerprint density at radius 1 is 1.56 bits per heavy atom. The number of nitrogens with zero attached hydrogens (tertiary/aromatic N) is 2. The zero-order valence-electron chi connectivity index (χ0n) is 11.1. The van der Waals surface area contributed by atoms with Crippen molar-refractivity contribution in [2.75, 3.05) is 6.61 Å². The maximum absolute atomic E-state index is 8.72. The van der Waals surface area contributed by atoms with Crippen LogP contribution in [0.25, 0.3) is 0 Å². The lowest BCUT2D eigenvalue weighted by molar-refractivity contribution is -0.0776. The Labute approximate surface area is 113 Å². The molecule has 2 rings (SSSR count). The van der Waals surface area contributed by atoms with Crippen LogP contribution in [-0.4, -0.2) is 11.6 Å². The van der Waals surface area contributed by atoms with Crippen LogP contribution in [-0.2, 0) is 16.8 Å². The molecule has 0 radical (unpaired) electrons. The summed E-state index contributed by atoms with van der Waals surface area (Å²) in [4.78, 5) is 4.61. The monoisotopic (exact) mass is 264 g/mol. The summed E-state index contributed by atoms with van der Waals surface area (Å²) >= 11 is 1.65. The van der Waals surface area contributed by atoms with Gasteiger partial charge in [-0.1, -0.05) is 6.92 Å². The topological polar surface area (TPSA) is 45.9 Å². The Morgan fingerprint density at radius 2 is 2.28 bits per heavy atom. The number of thiazole rings is 1. The molecule has 0 saturated heterocycles. The summed E-state index contributed by atoms with van der Waals surface area (Å²) in [6.07, 6.45) is 4.92. The van der Waals surface area contributed by atoms with Crippen LogP contribution in [0.4, 0.5) is 0 Å². The van der Waals surface area contributed by atoms with Crippen molar-refractivity contribution in [2.45, 2.75) is 51.6 Å². The number of ether oxygens (including phenoxy) is 1. The number of nitriles is 1. The molecule has 1 aliphatic rings. The molecule has 0 bridgehead atoms. The molecule has 1 aliphatic carbocycles. The van der Waals surface area contributed by atoms with E-state index in [0.29, 0.717) is 6.42 Å². The second-order valence-electron chi connectivity index (χ2n) is 5.09. The van der Waals surface area contributed by atoms with E-state index in [0.717, 1.165) is 36.1 Å². The normalized spacial score (nSPS) is 27.9. The fourth-order valence-electron chi connectivity index (χ4n) is 2.60. The minimum Gasteiger partial charge on any atom is -0.368 e. The number of rotatable bonds is 4. The first-order valence-corrected chi connectivity index (χ1v) is 7.54. The highest BCUT2D eigenvalue weighted by Crippen LogP contribution is 2.43. The van der Waals surface area contributed by atoms with Crippen molar-refractivity contribution in [1.82, 2.24) is 4.98 Å². The van der Waals surface area contributed by atoms with Crippen molar-refractivity contribution in [3.8, 4) is 6.07 Å². The third-order valence-corrected chi connectivity index (χ3v) is 4.78. The maximum atomic E-state index is 8.72. The van der Waals surface area contributed by atoms with Gasteiger partial charge < -0.3 is 4.74 Å². The zero-order valence-corrected chi connectivity index (χ0v) is 11.9. The standard InChI is InChI=1S/C14H20N2OS/c1-3-17-14(7-4-11(2)5-8-14)13-16-12(6-9-15)10-18-13/h10-11H,3-8H2,1-2H3. The van der Waals surface area contributed by atoms with Crippen LogP contribution in [0, 0.1) is 17.2 Å². The van der Waals surface area contributed by atoms with E-state index >= 15 is 0 Å². The maximum Gasteiger partial charge on any atom is 0.125 e. The minimum atomic E-state index is -0.181. The van der Waals surface area contributed by atoms with E-state index in [1.54, 1.807) is 11.3 Å². The highest BCUT2D eigenvalue weighted by atomic mass is 32.1. The van der Waals surface area contributed by atoms with Crippen molar-refractivity contribution < 1.29 is 4.74 Å². The van der Waals surface area contributed by atoms with E-state index in [2.05, 4.69) is 18.0 Å². The van der Waals surface area contributed by atoms with Crippen LogP contribution in [0.5, 0.6) is 0 Å². The van der Waals surface area contributed by atoms with E-state index in [9.17, 15) is 0 Å². The van der Waals surface area contributed by atoms with Crippen LogP contribution in [0.2, 0.25) is 0 Å². The van der Waals surface area contributed by atoms with E-state index < -0.39 is 0 Å². The van der Waals surface area contributed by atoms with Gasteiger partial charge in [0.1, 0.15) is 10.6 Å². The molecule has 4 heteroatoms. The van der Waals surface area contributed by atoms with Crippen molar-refractivity contribution >= 4 is 11.3 Å². The van der Waals surface area contributed by atoms with Gasteiger partial charge in [0.15, 0.2) is 0 Å². The molecule has 18 heavy (non-hydrogen) atoms. The van der Waals surface area contributed by atoms with Crippen LogP contribution >= 0.6 is 11.3 Å². The highest BCUT2D eigenvalue weighted by molar-refractivity contribution is 7.09. The number of aromatic nitrogens is 1. The largest absolute Gasteiger partial charge is 0.368 e. The van der Waals surface area contributed by atoms with E-state index in [1.807, 2.05) is 12.3 Å². The predicted octanol–water partition coefficient (Wildman–Crippen LogP) is 3.65. The fourth-order valence-corrected chi connectivity index (χ4v) is 3.63. The van der Waals surface area contributed by atoms with Crippen molar-refractivity contribution in [3.05, 3.63) is 16.1 Å². The molecule has 0 spiro atoms. The Bertz CT molecular complexity index is 427. The van der Waals surface area contributed by atoms with Crippen LogP contribution in [0.1, 0.15) is 50.2 Å². The summed E-state index contributed by atoms with van der Waals surface area (Å²) in [6, 6.07) is 2.16. The minimum absolute atomic E-state index is 0.181. The van der Waals surface area contributed by atoms with Gasteiger partial charge in [0.05, 0.1) is 18.2 Å². The third-order valence-electron chi connectivity index (χ3n) is 3.70. The fraction of sp³-hybridized carbons (Fsp3) is 0.714. The molecule has 1 aromatic rings. The molecular formula is C14H20N2OS. The molecule has 0 aliphatic heterocycles. The van der Waals surface area contributed by atoms with Crippen molar-refractivity contribution in [2.24, 2.45) is 5.92 Å². The molecule has 1 saturated carbocycles. The summed E-state index contributed by atoms with van der Waals surface area (Å²) in [6.45, 7) is 5.07. The molecule has 0 aromatic carbocycles. The molecule has 0 unspecified atom stereocenters. The van der Waals surface area contributed by atoms with E-state index in [1.165, 1.54) is 12.8 Å². The lowest BCUT2D eigenvalue weighted by atomic mass is 9.79. The summed E-state index contributed by atoms with van der Waals surface area (Å²) in [7, 11) is 0. The molecule has 3 nitrogen and oxygen atoms in total. The second-order valence-corrected chi connectivity index (χ2v) is 5.95. The average molecular weight is 264 g/mol. The van der Waals surface area contributed by atoms with Gasteiger partial charge in [-0.2, -0.15) is 5.26 Å².